The predicted molar refractivity (Wildman–Crippen MR) is 99.3 cm³/mol. The fraction of sp³-hybridized carbons (Fsp3) is 0.810. The number of carbonyl (C=O) groups is 2. The molecule has 1 aliphatic carbocycles. The van der Waals surface area contributed by atoms with Crippen molar-refractivity contribution in [3.63, 3.8) is 0 Å². The van der Waals surface area contributed by atoms with Gasteiger partial charge >= 0.3 is 5.97 Å². The van der Waals surface area contributed by atoms with Crippen molar-refractivity contribution in [2.24, 2.45) is 17.3 Å². The third-order valence-electron chi connectivity index (χ3n) is 5.44. The fourth-order valence-corrected chi connectivity index (χ4v) is 3.61. The highest BCUT2D eigenvalue weighted by atomic mass is 16.7. The van der Waals surface area contributed by atoms with Crippen molar-refractivity contribution < 1.29 is 23.8 Å². The largest absolute Gasteiger partial charge is 0.465 e. The Hall–Kier alpha value is -1.36. The minimum absolute atomic E-state index is 0.157. The molecule has 1 saturated heterocycles. The number of esters is 1. The number of carbonyl (C=O) groups excluding carboxylic acids is 2. The van der Waals surface area contributed by atoms with Gasteiger partial charge in [-0.15, -0.1) is 0 Å². The molecule has 0 aromatic carbocycles. The van der Waals surface area contributed by atoms with Crippen LogP contribution in [0.25, 0.3) is 0 Å². The van der Waals surface area contributed by atoms with E-state index in [1.165, 1.54) is 6.08 Å². The average molecular weight is 366 g/mol. The van der Waals surface area contributed by atoms with Gasteiger partial charge in [-0.3, -0.25) is 4.79 Å². The summed E-state index contributed by atoms with van der Waals surface area (Å²) in [6.45, 7) is 11.3. The lowest BCUT2D eigenvalue weighted by Crippen LogP contribution is -2.53. The van der Waals surface area contributed by atoms with Crippen LogP contribution in [0.15, 0.2) is 11.8 Å². The first-order valence-electron chi connectivity index (χ1n) is 9.92. The second-order valence-corrected chi connectivity index (χ2v) is 8.63. The lowest BCUT2D eigenvalue weighted by atomic mass is 9.69. The molecule has 0 aromatic rings. The maximum Gasteiger partial charge on any atom is 0.334 e. The average Bonchev–Trinajstić information content (AvgIpc) is 2.80. The maximum atomic E-state index is 12.7. The van der Waals surface area contributed by atoms with Crippen molar-refractivity contribution in [2.75, 3.05) is 13.2 Å². The van der Waals surface area contributed by atoms with Gasteiger partial charge in [0.2, 0.25) is 5.79 Å². The zero-order valence-corrected chi connectivity index (χ0v) is 16.9. The van der Waals surface area contributed by atoms with Crippen molar-refractivity contribution >= 4 is 11.8 Å². The number of rotatable bonds is 8. The molecule has 1 saturated carbocycles. The molecule has 0 radical (unpaired) electrons. The van der Waals surface area contributed by atoms with Crippen LogP contribution >= 0.6 is 0 Å². The van der Waals surface area contributed by atoms with Gasteiger partial charge in [-0.2, -0.15) is 0 Å². The van der Waals surface area contributed by atoms with E-state index in [-0.39, 0.29) is 5.78 Å². The quantitative estimate of drug-likeness (QED) is 0.471. The molecule has 2 rings (SSSR count). The zero-order valence-electron chi connectivity index (χ0n) is 16.9. The molecule has 1 heterocycles. The standard InChI is InChI=1S/C21H34O5/c1-15(2)8-11-24-19(23)13-17-14-20(5)18(22)7-6-10-21(20,26-17)25-12-9-16(3)4/h13,15-16H,6-12,14H2,1-5H3/b17-13-/t20-,21+/m1/s1. The molecule has 0 aromatic heterocycles. The lowest BCUT2D eigenvalue weighted by molar-refractivity contribution is -0.253. The van der Waals surface area contributed by atoms with Crippen LogP contribution in [0.1, 0.15) is 73.1 Å². The van der Waals surface area contributed by atoms with Crippen LogP contribution in [0.4, 0.5) is 0 Å². The molecule has 5 nitrogen and oxygen atoms in total. The fourth-order valence-electron chi connectivity index (χ4n) is 3.61. The molecule has 0 N–H and O–H groups in total. The number of hydrogen-bond donors (Lipinski definition) is 0. The number of ether oxygens (including phenoxy) is 3. The Morgan fingerprint density at radius 3 is 2.50 bits per heavy atom. The normalized spacial score (nSPS) is 30.0. The van der Waals surface area contributed by atoms with Gasteiger partial charge < -0.3 is 14.2 Å². The minimum atomic E-state index is -0.943. The van der Waals surface area contributed by atoms with Gasteiger partial charge in [0.05, 0.1) is 24.7 Å². The summed E-state index contributed by atoms with van der Waals surface area (Å²) in [5.74, 6) is 0.306. The number of Topliss-reactive ketones (excluding diaryl/α,β-unsaturated/α-hetero) is 1. The SMILES string of the molecule is CC(C)CCOC(=O)/C=C1/C[C@]2(C)C(=O)CCC[C@]2(OCCC(C)C)O1. The van der Waals surface area contributed by atoms with Gasteiger partial charge in [0.15, 0.2) is 0 Å². The van der Waals surface area contributed by atoms with Gasteiger partial charge in [0.1, 0.15) is 11.5 Å². The molecule has 0 bridgehead atoms. The molecule has 1 aliphatic heterocycles. The molecule has 0 spiro atoms. The van der Waals surface area contributed by atoms with Crippen molar-refractivity contribution in [1.29, 1.82) is 0 Å². The first-order chi connectivity index (χ1) is 12.2. The monoisotopic (exact) mass is 366 g/mol. The van der Waals surface area contributed by atoms with E-state index in [0.717, 1.165) is 19.3 Å². The van der Waals surface area contributed by atoms with E-state index in [2.05, 4.69) is 27.7 Å². The molecule has 5 heteroatoms. The summed E-state index contributed by atoms with van der Waals surface area (Å²) >= 11 is 0. The van der Waals surface area contributed by atoms with Crippen LogP contribution in [0, 0.1) is 17.3 Å². The topological polar surface area (TPSA) is 61.8 Å². The molecule has 2 atom stereocenters. The number of allylic oxidation sites excluding steroid dienone is 1. The van der Waals surface area contributed by atoms with E-state index in [0.29, 0.717) is 50.1 Å². The summed E-state index contributed by atoms with van der Waals surface area (Å²) in [5.41, 5.74) is -0.730. The minimum Gasteiger partial charge on any atom is -0.465 e. The van der Waals surface area contributed by atoms with E-state index >= 15 is 0 Å². The molecule has 26 heavy (non-hydrogen) atoms. The Labute approximate surface area is 157 Å². The molecule has 0 amide bonds. The predicted octanol–water partition coefficient (Wildman–Crippen LogP) is 4.40. The summed E-state index contributed by atoms with van der Waals surface area (Å²) in [5, 5.41) is 0. The van der Waals surface area contributed by atoms with Crippen LogP contribution in [0.5, 0.6) is 0 Å². The van der Waals surface area contributed by atoms with Gasteiger partial charge in [0, 0.05) is 19.3 Å². The Bertz CT molecular complexity index is 551. The first kappa shape index (κ1) is 20.9. The Morgan fingerprint density at radius 1 is 1.19 bits per heavy atom. The Kier molecular flexibility index (Phi) is 6.89. The first-order valence-corrected chi connectivity index (χ1v) is 9.92. The highest BCUT2D eigenvalue weighted by Crippen LogP contribution is 2.55. The van der Waals surface area contributed by atoms with Crippen molar-refractivity contribution in [1.82, 2.24) is 0 Å². The second kappa shape index (κ2) is 8.55. The number of ketones is 1. The van der Waals surface area contributed by atoms with Gasteiger partial charge in [-0.05, 0) is 38.0 Å². The smallest absolute Gasteiger partial charge is 0.334 e. The van der Waals surface area contributed by atoms with E-state index < -0.39 is 17.2 Å². The molecule has 2 aliphatic rings. The maximum absolute atomic E-state index is 12.7. The Morgan fingerprint density at radius 2 is 1.85 bits per heavy atom. The van der Waals surface area contributed by atoms with E-state index in [1.807, 2.05) is 6.92 Å². The van der Waals surface area contributed by atoms with E-state index in [9.17, 15) is 9.59 Å². The van der Waals surface area contributed by atoms with E-state index in [1.54, 1.807) is 0 Å². The van der Waals surface area contributed by atoms with Crippen molar-refractivity contribution in [3.8, 4) is 0 Å². The second-order valence-electron chi connectivity index (χ2n) is 8.63. The number of fused-ring (bicyclic) bond motifs is 1. The zero-order chi connectivity index (χ0) is 19.4. The van der Waals surface area contributed by atoms with Crippen molar-refractivity contribution in [2.45, 2.75) is 78.9 Å². The third-order valence-corrected chi connectivity index (χ3v) is 5.44. The Balaban J connectivity index is 2.09. The summed E-state index contributed by atoms with van der Waals surface area (Å²) in [4.78, 5) is 24.8. The molecular formula is C21H34O5. The van der Waals surface area contributed by atoms with Crippen LogP contribution in [-0.2, 0) is 23.8 Å². The van der Waals surface area contributed by atoms with Crippen molar-refractivity contribution in [3.05, 3.63) is 11.8 Å². The number of hydrogen-bond acceptors (Lipinski definition) is 5. The highest BCUT2D eigenvalue weighted by molar-refractivity contribution is 5.88. The van der Waals surface area contributed by atoms with Gasteiger partial charge in [0.25, 0.3) is 0 Å². The van der Waals surface area contributed by atoms with Crippen LogP contribution in [0.2, 0.25) is 0 Å². The summed E-state index contributed by atoms with van der Waals surface area (Å²) < 4.78 is 17.5. The van der Waals surface area contributed by atoms with Crippen LogP contribution < -0.4 is 0 Å². The van der Waals surface area contributed by atoms with Gasteiger partial charge in [-0.1, -0.05) is 27.7 Å². The molecule has 0 unspecified atom stereocenters. The van der Waals surface area contributed by atoms with Crippen LogP contribution in [-0.4, -0.2) is 30.8 Å². The third kappa shape index (κ3) is 4.67. The molecule has 2 fully saturated rings. The summed E-state index contributed by atoms with van der Waals surface area (Å²) in [7, 11) is 0. The molecule has 148 valence electrons. The van der Waals surface area contributed by atoms with Gasteiger partial charge in [-0.25, -0.2) is 4.79 Å². The summed E-state index contributed by atoms with van der Waals surface area (Å²) in [6, 6.07) is 0. The van der Waals surface area contributed by atoms with Crippen LogP contribution in [0.3, 0.4) is 0 Å². The lowest BCUT2D eigenvalue weighted by Gasteiger charge is -2.43. The highest BCUT2D eigenvalue weighted by Gasteiger charge is 2.62. The van der Waals surface area contributed by atoms with E-state index in [4.69, 9.17) is 14.2 Å². The molecular weight excluding hydrogens is 332 g/mol. The summed E-state index contributed by atoms with van der Waals surface area (Å²) in [6.07, 6.45) is 5.49.